The number of nitrogens with zero attached hydrogens (tertiary/aromatic N) is 1. The van der Waals surface area contributed by atoms with E-state index in [1.807, 2.05) is 11.9 Å². The van der Waals surface area contributed by atoms with Gasteiger partial charge in [-0.05, 0) is 6.08 Å². The number of aliphatic hydroxyl groups excluding tert-OH is 1. The predicted molar refractivity (Wildman–Crippen MR) is 52.1 cm³/mol. The van der Waals surface area contributed by atoms with Crippen molar-refractivity contribution in [3.8, 4) is 0 Å². The largest absolute Gasteiger partial charge is 0.395 e. The number of aldehydes is 1. The fraction of sp³-hybridized carbons (Fsp3) is 0.444. The third-order valence-corrected chi connectivity index (χ3v) is 1.50. The lowest BCUT2D eigenvalue weighted by Crippen LogP contribution is -2.15. The zero-order chi connectivity index (χ0) is 10.1. The average Bonchev–Trinajstić information content (AvgIpc) is 2.12. The molecule has 4 nitrogen and oxygen atoms in total. The number of likely N-dealkylation sites (N-methyl/N-ethyl adjacent to an activating group) is 2. The van der Waals surface area contributed by atoms with E-state index in [2.05, 4.69) is 5.32 Å². The summed E-state index contributed by atoms with van der Waals surface area (Å²) in [4.78, 5) is 12.0. The molecule has 0 aliphatic carbocycles. The van der Waals surface area contributed by atoms with Gasteiger partial charge in [0.2, 0.25) is 0 Å². The van der Waals surface area contributed by atoms with Crippen LogP contribution in [0.5, 0.6) is 0 Å². The molecule has 0 aliphatic rings. The number of carbonyl (C=O) groups excluding carboxylic acids is 1. The zero-order valence-electron chi connectivity index (χ0n) is 8.03. The van der Waals surface area contributed by atoms with Gasteiger partial charge >= 0.3 is 0 Å². The van der Waals surface area contributed by atoms with Crippen LogP contribution in [0, 0.1) is 0 Å². The molecule has 0 rings (SSSR count). The molecule has 0 aromatic rings. The Labute approximate surface area is 78.5 Å². The van der Waals surface area contributed by atoms with Crippen molar-refractivity contribution in [2.75, 3.05) is 27.2 Å². The second-order valence-electron chi connectivity index (χ2n) is 2.53. The van der Waals surface area contributed by atoms with Crippen molar-refractivity contribution in [2.45, 2.75) is 0 Å². The topological polar surface area (TPSA) is 52.6 Å². The Kier molecular flexibility index (Phi) is 6.63. The van der Waals surface area contributed by atoms with Gasteiger partial charge in [0.15, 0.2) is 0 Å². The first kappa shape index (κ1) is 11.7. The number of aliphatic hydroxyl groups is 1. The molecule has 0 aromatic carbocycles. The van der Waals surface area contributed by atoms with Crippen LogP contribution in [0.1, 0.15) is 0 Å². The first-order valence-electron chi connectivity index (χ1n) is 4.07. The third kappa shape index (κ3) is 5.93. The molecule has 13 heavy (non-hydrogen) atoms. The molecule has 0 bridgehead atoms. The highest BCUT2D eigenvalue weighted by Crippen LogP contribution is 1.91. The minimum absolute atomic E-state index is 0.118. The van der Waals surface area contributed by atoms with E-state index in [1.54, 1.807) is 19.3 Å². The Hall–Kier alpha value is -1.29. The molecule has 0 aliphatic heterocycles. The Morgan fingerprint density at radius 3 is 2.77 bits per heavy atom. The number of carbonyl (C=O) groups is 1. The van der Waals surface area contributed by atoms with Crippen molar-refractivity contribution < 1.29 is 9.90 Å². The quantitative estimate of drug-likeness (QED) is 0.339. The standard InChI is InChI=1S/C9H16N2O2/c1-10-9(4-7-12)3-5-11(2)6-8-13/h3-5,7,10,13H,6,8H2,1-2H3/b5-3-,9-4+. The average molecular weight is 184 g/mol. The number of nitrogens with one attached hydrogen (secondary N) is 1. The summed E-state index contributed by atoms with van der Waals surface area (Å²) in [5.74, 6) is 0. The van der Waals surface area contributed by atoms with Gasteiger partial charge in [-0.2, -0.15) is 0 Å². The van der Waals surface area contributed by atoms with Gasteiger partial charge in [0.1, 0.15) is 6.29 Å². The Bertz CT molecular complexity index is 200. The van der Waals surface area contributed by atoms with Crippen LogP contribution in [0.25, 0.3) is 0 Å². The van der Waals surface area contributed by atoms with Gasteiger partial charge in [0.25, 0.3) is 0 Å². The Balaban J connectivity index is 4.06. The van der Waals surface area contributed by atoms with Gasteiger partial charge in [-0.15, -0.1) is 0 Å². The normalized spacial score (nSPS) is 11.8. The maximum atomic E-state index is 10.1. The second kappa shape index (κ2) is 7.36. The van der Waals surface area contributed by atoms with Gasteiger partial charge in [-0.1, -0.05) is 0 Å². The number of rotatable bonds is 6. The van der Waals surface area contributed by atoms with E-state index in [9.17, 15) is 4.79 Å². The van der Waals surface area contributed by atoms with E-state index in [0.29, 0.717) is 6.54 Å². The predicted octanol–water partition coefficient (Wildman–Crippen LogP) is -0.274. The fourth-order valence-electron chi connectivity index (χ4n) is 0.735. The van der Waals surface area contributed by atoms with Crippen molar-refractivity contribution >= 4 is 6.29 Å². The Morgan fingerprint density at radius 2 is 2.31 bits per heavy atom. The van der Waals surface area contributed by atoms with Crippen molar-refractivity contribution in [1.82, 2.24) is 10.2 Å². The first-order valence-corrected chi connectivity index (χ1v) is 4.07. The smallest absolute Gasteiger partial charge is 0.144 e. The van der Waals surface area contributed by atoms with E-state index in [4.69, 9.17) is 5.11 Å². The van der Waals surface area contributed by atoms with Gasteiger partial charge in [-0.3, -0.25) is 4.79 Å². The van der Waals surface area contributed by atoms with Crippen LogP contribution in [-0.2, 0) is 4.79 Å². The Morgan fingerprint density at radius 1 is 1.62 bits per heavy atom. The molecule has 0 aromatic heterocycles. The molecule has 0 saturated carbocycles. The van der Waals surface area contributed by atoms with Gasteiger partial charge in [0, 0.05) is 38.6 Å². The van der Waals surface area contributed by atoms with Crippen LogP contribution in [0.15, 0.2) is 24.0 Å². The molecule has 0 atom stereocenters. The van der Waals surface area contributed by atoms with E-state index in [-0.39, 0.29) is 6.61 Å². The maximum absolute atomic E-state index is 10.1. The van der Waals surface area contributed by atoms with Crippen LogP contribution in [0.3, 0.4) is 0 Å². The van der Waals surface area contributed by atoms with Crippen molar-refractivity contribution in [2.24, 2.45) is 0 Å². The molecule has 74 valence electrons. The molecule has 0 heterocycles. The molecular formula is C9H16N2O2. The highest BCUT2D eigenvalue weighted by atomic mass is 16.3. The molecule has 2 N–H and O–H groups in total. The number of allylic oxidation sites excluding steroid dienone is 2. The lowest BCUT2D eigenvalue weighted by atomic mass is 10.4. The van der Waals surface area contributed by atoms with Gasteiger partial charge in [-0.25, -0.2) is 0 Å². The summed E-state index contributed by atoms with van der Waals surface area (Å²) in [7, 11) is 3.59. The molecule has 0 saturated heterocycles. The summed E-state index contributed by atoms with van der Waals surface area (Å²) in [6.07, 6.45) is 5.72. The van der Waals surface area contributed by atoms with Gasteiger partial charge in [0.05, 0.1) is 6.61 Å². The molecule has 0 fully saturated rings. The fourth-order valence-corrected chi connectivity index (χ4v) is 0.735. The van der Waals surface area contributed by atoms with Crippen molar-refractivity contribution in [3.63, 3.8) is 0 Å². The number of hydrogen-bond acceptors (Lipinski definition) is 4. The van der Waals surface area contributed by atoms with E-state index in [1.165, 1.54) is 6.08 Å². The van der Waals surface area contributed by atoms with Crippen molar-refractivity contribution in [3.05, 3.63) is 24.0 Å². The maximum Gasteiger partial charge on any atom is 0.144 e. The summed E-state index contributed by atoms with van der Waals surface area (Å²) < 4.78 is 0. The summed E-state index contributed by atoms with van der Waals surface area (Å²) in [6.45, 7) is 0.696. The van der Waals surface area contributed by atoms with E-state index >= 15 is 0 Å². The summed E-state index contributed by atoms with van der Waals surface area (Å²) in [5.41, 5.74) is 0.736. The summed E-state index contributed by atoms with van der Waals surface area (Å²) in [5, 5.41) is 11.5. The SMILES string of the molecule is CNC(/C=C\N(C)CCO)=C/C=O. The second-order valence-corrected chi connectivity index (χ2v) is 2.53. The van der Waals surface area contributed by atoms with Crippen LogP contribution >= 0.6 is 0 Å². The lowest BCUT2D eigenvalue weighted by Gasteiger charge is -2.11. The molecule has 4 heteroatoms. The van der Waals surface area contributed by atoms with E-state index in [0.717, 1.165) is 12.0 Å². The monoisotopic (exact) mass is 184 g/mol. The zero-order valence-corrected chi connectivity index (χ0v) is 8.03. The first-order chi connectivity index (χ1) is 6.24. The third-order valence-electron chi connectivity index (χ3n) is 1.50. The molecule has 0 amide bonds. The van der Waals surface area contributed by atoms with Crippen LogP contribution in [-0.4, -0.2) is 43.5 Å². The van der Waals surface area contributed by atoms with Crippen LogP contribution in [0.4, 0.5) is 0 Å². The minimum atomic E-state index is 0.118. The molecule has 0 unspecified atom stereocenters. The highest BCUT2D eigenvalue weighted by molar-refractivity contribution is 5.66. The van der Waals surface area contributed by atoms with Crippen molar-refractivity contribution in [1.29, 1.82) is 0 Å². The highest BCUT2D eigenvalue weighted by Gasteiger charge is 1.89. The summed E-state index contributed by atoms with van der Waals surface area (Å²) in [6, 6.07) is 0. The summed E-state index contributed by atoms with van der Waals surface area (Å²) >= 11 is 0. The number of hydrogen-bond donors (Lipinski definition) is 2. The van der Waals surface area contributed by atoms with Crippen LogP contribution < -0.4 is 5.32 Å². The lowest BCUT2D eigenvalue weighted by molar-refractivity contribution is -0.104. The minimum Gasteiger partial charge on any atom is -0.395 e. The molecular weight excluding hydrogens is 168 g/mol. The van der Waals surface area contributed by atoms with Gasteiger partial charge < -0.3 is 15.3 Å². The molecule has 0 radical (unpaired) electrons. The van der Waals surface area contributed by atoms with E-state index < -0.39 is 0 Å². The molecule has 0 spiro atoms. The van der Waals surface area contributed by atoms with Crippen LogP contribution in [0.2, 0.25) is 0 Å².